The second-order valence-electron chi connectivity index (χ2n) is 7.95. The number of aromatic nitrogens is 5. The van der Waals surface area contributed by atoms with Crippen LogP contribution in [0.15, 0.2) is 36.8 Å². The molecule has 0 saturated carbocycles. The van der Waals surface area contributed by atoms with Crippen molar-refractivity contribution in [2.24, 2.45) is 0 Å². The standard InChI is InChI=1S/C20H21N7O3/c28-6-5-25-10-14-9-24(11-16(14)22-25)15-1-2-17-13(7-15)8-18-19(30-20(29)27(17)18)12-26-4-3-21-23-26/h1-4,7,10,18-19,28H,5-6,8-9,11-12H2/t18-,19?/m0/s1. The van der Waals surface area contributed by atoms with E-state index in [-0.39, 0.29) is 24.8 Å². The maximum atomic E-state index is 12.5. The Morgan fingerprint density at radius 1 is 1.20 bits per heavy atom. The summed E-state index contributed by atoms with van der Waals surface area (Å²) >= 11 is 0. The summed E-state index contributed by atoms with van der Waals surface area (Å²) in [6.07, 6.45) is 5.63. The number of amides is 1. The summed E-state index contributed by atoms with van der Waals surface area (Å²) in [5, 5.41) is 21.5. The normalized spacial score (nSPS) is 21.7. The van der Waals surface area contributed by atoms with E-state index >= 15 is 0 Å². The number of aliphatic hydroxyl groups excluding tert-OH is 1. The molecule has 0 radical (unpaired) electrons. The summed E-state index contributed by atoms with van der Waals surface area (Å²) in [5.41, 5.74) is 5.47. The predicted octanol–water partition coefficient (Wildman–Crippen LogP) is 0.937. The van der Waals surface area contributed by atoms with Gasteiger partial charge in [0.05, 0.1) is 49.9 Å². The highest BCUT2D eigenvalue weighted by atomic mass is 16.6. The average Bonchev–Trinajstić information content (AvgIpc) is 3.51. The molecule has 154 valence electrons. The average molecular weight is 407 g/mol. The number of benzene rings is 1. The van der Waals surface area contributed by atoms with Gasteiger partial charge in [-0.1, -0.05) is 5.21 Å². The largest absolute Gasteiger partial charge is 0.442 e. The van der Waals surface area contributed by atoms with E-state index in [1.807, 2.05) is 12.3 Å². The maximum absolute atomic E-state index is 12.5. The van der Waals surface area contributed by atoms with Crippen LogP contribution in [0, 0.1) is 0 Å². The maximum Gasteiger partial charge on any atom is 0.415 e. The van der Waals surface area contributed by atoms with Gasteiger partial charge in [0.25, 0.3) is 0 Å². The molecule has 3 aromatic rings. The molecular formula is C20H21N7O3. The summed E-state index contributed by atoms with van der Waals surface area (Å²) < 4.78 is 9.12. The van der Waals surface area contributed by atoms with E-state index in [0.717, 1.165) is 42.1 Å². The quantitative estimate of drug-likeness (QED) is 0.672. The Morgan fingerprint density at radius 3 is 2.93 bits per heavy atom. The molecule has 0 aliphatic carbocycles. The molecule has 3 aliphatic rings. The summed E-state index contributed by atoms with van der Waals surface area (Å²) in [4.78, 5) is 16.6. The van der Waals surface area contributed by atoms with Gasteiger partial charge in [-0.3, -0.25) is 9.58 Å². The summed E-state index contributed by atoms with van der Waals surface area (Å²) in [5.74, 6) is 0. The van der Waals surface area contributed by atoms with Crippen molar-refractivity contribution in [1.29, 1.82) is 0 Å². The van der Waals surface area contributed by atoms with Gasteiger partial charge in [-0.15, -0.1) is 5.10 Å². The van der Waals surface area contributed by atoms with Gasteiger partial charge in [0.15, 0.2) is 0 Å². The van der Waals surface area contributed by atoms with Gasteiger partial charge in [0.2, 0.25) is 0 Å². The second-order valence-corrected chi connectivity index (χ2v) is 7.95. The minimum absolute atomic E-state index is 0.0240. The molecule has 3 aliphatic heterocycles. The van der Waals surface area contributed by atoms with Crippen LogP contribution >= 0.6 is 0 Å². The van der Waals surface area contributed by atoms with E-state index in [1.54, 1.807) is 26.7 Å². The molecule has 5 heterocycles. The van der Waals surface area contributed by atoms with Crippen LogP contribution in [0.1, 0.15) is 16.8 Å². The number of cyclic esters (lactones) is 1. The number of aliphatic hydroxyl groups is 1. The molecule has 0 spiro atoms. The predicted molar refractivity (Wildman–Crippen MR) is 106 cm³/mol. The topological polar surface area (TPSA) is 102 Å². The first-order valence-corrected chi connectivity index (χ1v) is 10.1. The summed E-state index contributed by atoms with van der Waals surface area (Å²) in [7, 11) is 0. The highest BCUT2D eigenvalue weighted by molar-refractivity contribution is 5.94. The Kier molecular flexibility index (Phi) is 3.82. The Morgan fingerprint density at radius 2 is 2.13 bits per heavy atom. The Balaban J connectivity index is 1.21. The van der Waals surface area contributed by atoms with Crippen LogP contribution in [0.2, 0.25) is 0 Å². The van der Waals surface area contributed by atoms with Crippen molar-refractivity contribution in [2.75, 3.05) is 16.4 Å². The van der Waals surface area contributed by atoms with Gasteiger partial charge in [0, 0.05) is 30.2 Å². The molecule has 10 heteroatoms. The summed E-state index contributed by atoms with van der Waals surface area (Å²) in [6, 6.07) is 6.24. The fraction of sp³-hybridized carbons (Fsp3) is 0.400. The Bertz CT molecular complexity index is 1090. The van der Waals surface area contributed by atoms with Crippen LogP contribution in [0.5, 0.6) is 0 Å². The van der Waals surface area contributed by atoms with E-state index in [2.05, 4.69) is 32.4 Å². The van der Waals surface area contributed by atoms with E-state index in [1.165, 1.54) is 5.56 Å². The van der Waals surface area contributed by atoms with Crippen molar-refractivity contribution in [1.82, 2.24) is 24.8 Å². The molecule has 1 saturated heterocycles. The third-order valence-corrected chi connectivity index (χ3v) is 6.12. The van der Waals surface area contributed by atoms with Gasteiger partial charge in [-0.2, -0.15) is 5.10 Å². The molecular weight excluding hydrogens is 386 g/mol. The van der Waals surface area contributed by atoms with E-state index in [0.29, 0.717) is 13.1 Å². The van der Waals surface area contributed by atoms with Crippen molar-refractivity contribution >= 4 is 17.5 Å². The number of nitrogens with zero attached hydrogens (tertiary/aromatic N) is 7. The first-order chi connectivity index (χ1) is 14.7. The zero-order valence-electron chi connectivity index (χ0n) is 16.3. The van der Waals surface area contributed by atoms with Crippen molar-refractivity contribution < 1.29 is 14.6 Å². The number of fused-ring (bicyclic) bond motifs is 4. The van der Waals surface area contributed by atoms with E-state index in [4.69, 9.17) is 9.84 Å². The van der Waals surface area contributed by atoms with Crippen LogP contribution < -0.4 is 9.80 Å². The number of anilines is 2. The highest BCUT2D eigenvalue weighted by Crippen LogP contribution is 2.41. The summed E-state index contributed by atoms with van der Waals surface area (Å²) in [6.45, 7) is 2.65. The molecule has 30 heavy (non-hydrogen) atoms. The minimum atomic E-state index is -0.296. The first-order valence-electron chi connectivity index (χ1n) is 10.1. The number of hydrogen-bond donors (Lipinski definition) is 1. The zero-order valence-corrected chi connectivity index (χ0v) is 16.3. The van der Waals surface area contributed by atoms with Crippen LogP contribution in [0.25, 0.3) is 0 Å². The van der Waals surface area contributed by atoms with Crippen LogP contribution in [0.3, 0.4) is 0 Å². The van der Waals surface area contributed by atoms with Gasteiger partial charge >= 0.3 is 6.09 Å². The molecule has 1 fully saturated rings. The molecule has 1 unspecified atom stereocenters. The van der Waals surface area contributed by atoms with Gasteiger partial charge in [-0.05, 0) is 30.2 Å². The number of carbonyl (C=O) groups excluding carboxylic acids is 1. The smallest absolute Gasteiger partial charge is 0.415 e. The zero-order chi connectivity index (χ0) is 20.2. The molecule has 2 atom stereocenters. The van der Waals surface area contributed by atoms with Crippen LogP contribution in [-0.2, 0) is 37.3 Å². The van der Waals surface area contributed by atoms with E-state index in [9.17, 15) is 4.79 Å². The van der Waals surface area contributed by atoms with E-state index < -0.39 is 0 Å². The van der Waals surface area contributed by atoms with Crippen molar-refractivity contribution in [2.45, 2.75) is 44.7 Å². The molecule has 10 nitrogen and oxygen atoms in total. The third-order valence-electron chi connectivity index (χ3n) is 6.12. The van der Waals surface area contributed by atoms with Gasteiger partial charge in [0.1, 0.15) is 6.10 Å². The lowest BCUT2D eigenvalue weighted by Crippen LogP contribution is -2.35. The fourth-order valence-corrected chi connectivity index (χ4v) is 4.74. The molecule has 6 rings (SSSR count). The Labute approximate surface area is 172 Å². The second kappa shape index (κ2) is 6.56. The molecule has 1 N–H and O–H groups in total. The molecule has 0 bridgehead atoms. The third kappa shape index (κ3) is 2.67. The minimum Gasteiger partial charge on any atom is -0.442 e. The number of ether oxygens (including phenoxy) is 1. The monoisotopic (exact) mass is 407 g/mol. The number of rotatable bonds is 5. The van der Waals surface area contributed by atoms with Crippen LogP contribution in [0.4, 0.5) is 16.2 Å². The fourth-order valence-electron chi connectivity index (χ4n) is 4.74. The molecule has 1 amide bonds. The van der Waals surface area contributed by atoms with Crippen LogP contribution in [-0.4, -0.2) is 54.7 Å². The molecule has 2 aromatic heterocycles. The van der Waals surface area contributed by atoms with Crippen molar-refractivity contribution in [3.63, 3.8) is 0 Å². The molecule has 1 aromatic carbocycles. The highest BCUT2D eigenvalue weighted by Gasteiger charge is 2.47. The van der Waals surface area contributed by atoms with Crippen molar-refractivity contribution in [3.05, 3.63) is 53.6 Å². The first kappa shape index (κ1) is 17.5. The lowest BCUT2D eigenvalue weighted by molar-refractivity contribution is 0.117. The SMILES string of the molecule is O=C1OC(Cn2ccnn2)[C@@H]2Cc3cc(N4Cc5cn(CCO)nc5C4)ccc3N12. The van der Waals surface area contributed by atoms with Gasteiger partial charge < -0.3 is 14.7 Å². The van der Waals surface area contributed by atoms with Gasteiger partial charge in [-0.25, -0.2) is 9.48 Å². The lowest BCUT2D eigenvalue weighted by Gasteiger charge is -2.19. The lowest BCUT2D eigenvalue weighted by atomic mass is 10.0. The number of carbonyl (C=O) groups is 1. The van der Waals surface area contributed by atoms with Crippen molar-refractivity contribution in [3.8, 4) is 0 Å². The number of hydrogen-bond acceptors (Lipinski definition) is 7. The Hall–Kier alpha value is -3.40.